The average molecular weight is 382 g/mol. The molecule has 2 heterocycles. The highest BCUT2D eigenvalue weighted by atomic mass is 16.3. The largest absolute Gasteiger partial charge is 0.385 e. The number of benzene rings is 1. The van der Waals surface area contributed by atoms with Gasteiger partial charge in [0, 0.05) is 25.6 Å². The van der Waals surface area contributed by atoms with Crippen LogP contribution in [-0.4, -0.2) is 38.3 Å². The van der Waals surface area contributed by atoms with E-state index in [0.717, 1.165) is 49.8 Å². The summed E-state index contributed by atoms with van der Waals surface area (Å²) in [6.45, 7) is 2.71. The maximum Gasteiger partial charge on any atom is 0.272 e. The molecule has 1 aromatic carbocycles. The number of rotatable bonds is 4. The molecule has 2 aromatic rings. The van der Waals surface area contributed by atoms with Crippen molar-refractivity contribution in [2.75, 3.05) is 6.54 Å². The van der Waals surface area contributed by atoms with Crippen molar-refractivity contribution in [2.24, 2.45) is 13.0 Å². The van der Waals surface area contributed by atoms with Crippen LogP contribution in [0.3, 0.4) is 0 Å². The van der Waals surface area contributed by atoms with Gasteiger partial charge in [-0.2, -0.15) is 5.10 Å². The van der Waals surface area contributed by atoms with E-state index in [1.165, 1.54) is 0 Å². The first-order valence-corrected chi connectivity index (χ1v) is 10.7. The van der Waals surface area contributed by atoms with Gasteiger partial charge >= 0.3 is 0 Å². The Hall–Kier alpha value is -2.14. The first kappa shape index (κ1) is 19.2. The molecule has 1 saturated carbocycles. The molecule has 1 N–H and O–H groups in total. The summed E-state index contributed by atoms with van der Waals surface area (Å²) in [6.07, 6.45) is 6.65. The minimum Gasteiger partial charge on any atom is -0.385 e. The van der Waals surface area contributed by atoms with Crippen LogP contribution in [0.2, 0.25) is 0 Å². The van der Waals surface area contributed by atoms with Crippen LogP contribution in [-0.2, 0) is 19.1 Å². The van der Waals surface area contributed by atoms with Crippen LogP contribution in [0.25, 0.3) is 0 Å². The lowest BCUT2D eigenvalue weighted by molar-refractivity contribution is -0.110. The number of carbonyl (C=O) groups is 1. The molecular weight excluding hydrogens is 350 g/mol. The van der Waals surface area contributed by atoms with Crippen molar-refractivity contribution in [2.45, 2.75) is 63.5 Å². The standard InChI is InChI=1S/C23H31N3O2/c1-3-9-18-16-21(25(2)24-18)22(27)26-15-14-23(28,17-10-5-4-6-11-17)19-12-7-8-13-20(19)26/h4-6,10-11,16,19-20,28H,3,7-9,12-15H2,1-2H3/t19-,20+,23?/m1/s1. The molecule has 4 rings (SSSR count). The number of hydrogen-bond donors (Lipinski definition) is 1. The van der Waals surface area contributed by atoms with E-state index in [9.17, 15) is 9.90 Å². The fraction of sp³-hybridized carbons (Fsp3) is 0.565. The molecule has 150 valence electrons. The Morgan fingerprint density at radius 3 is 2.75 bits per heavy atom. The monoisotopic (exact) mass is 381 g/mol. The second-order valence-electron chi connectivity index (χ2n) is 8.39. The fourth-order valence-electron chi connectivity index (χ4n) is 5.27. The van der Waals surface area contributed by atoms with E-state index in [4.69, 9.17) is 0 Å². The summed E-state index contributed by atoms with van der Waals surface area (Å²) in [6, 6.07) is 12.1. The van der Waals surface area contributed by atoms with Crippen LogP contribution < -0.4 is 0 Å². The zero-order valence-corrected chi connectivity index (χ0v) is 17.0. The number of nitrogens with zero attached hydrogens (tertiary/aromatic N) is 3. The van der Waals surface area contributed by atoms with Crippen molar-refractivity contribution >= 4 is 5.91 Å². The summed E-state index contributed by atoms with van der Waals surface area (Å²) in [5, 5.41) is 16.2. The van der Waals surface area contributed by atoms with Gasteiger partial charge in [-0.15, -0.1) is 0 Å². The third-order valence-electron chi connectivity index (χ3n) is 6.67. The van der Waals surface area contributed by atoms with Gasteiger partial charge in [0.2, 0.25) is 0 Å². The van der Waals surface area contributed by atoms with E-state index >= 15 is 0 Å². The predicted molar refractivity (Wildman–Crippen MR) is 109 cm³/mol. The highest BCUT2D eigenvalue weighted by Gasteiger charge is 2.50. The molecule has 0 bridgehead atoms. The number of fused-ring (bicyclic) bond motifs is 1. The van der Waals surface area contributed by atoms with Gasteiger partial charge in [-0.1, -0.05) is 56.5 Å². The Labute approximate surface area is 167 Å². The van der Waals surface area contributed by atoms with E-state index in [0.29, 0.717) is 18.7 Å². The van der Waals surface area contributed by atoms with Gasteiger partial charge in [0.05, 0.1) is 11.3 Å². The van der Waals surface area contributed by atoms with Crippen molar-refractivity contribution in [3.63, 3.8) is 0 Å². The number of hydrogen-bond acceptors (Lipinski definition) is 3. The Balaban J connectivity index is 1.63. The SMILES string of the molecule is CCCc1cc(C(=O)N2CCC(O)(c3ccccc3)[C@@H]3CCCC[C@@H]32)n(C)n1. The molecule has 1 aromatic heterocycles. The van der Waals surface area contributed by atoms with E-state index in [-0.39, 0.29) is 17.9 Å². The van der Waals surface area contributed by atoms with Gasteiger partial charge in [-0.3, -0.25) is 9.48 Å². The van der Waals surface area contributed by atoms with E-state index < -0.39 is 5.60 Å². The number of aromatic nitrogens is 2. The summed E-state index contributed by atoms with van der Waals surface area (Å²) in [4.78, 5) is 15.4. The van der Waals surface area contributed by atoms with Crippen LogP contribution in [0.4, 0.5) is 0 Å². The van der Waals surface area contributed by atoms with Crippen molar-refractivity contribution in [3.05, 3.63) is 53.3 Å². The van der Waals surface area contributed by atoms with Crippen LogP contribution in [0.1, 0.15) is 67.2 Å². The average Bonchev–Trinajstić information content (AvgIpc) is 3.09. The Morgan fingerprint density at radius 1 is 1.25 bits per heavy atom. The van der Waals surface area contributed by atoms with Gasteiger partial charge in [-0.25, -0.2) is 0 Å². The van der Waals surface area contributed by atoms with Gasteiger partial charge in [0.25, 0.3) is 5.91 Å². The van der Waals surface area contributed by atoms with E-state index in [1.807, 2.05) is 48.3 Å². The number of piperidine rings is 1. The quantitative estimate of drug-likeness (QED) is 0.879. The maximum atomic E-state index is 13.4. The number of carbonyl (C=O) groups excluding carboxylic acids is 1. The Morgan fingerprint density at radius 2 is 2.00 bits per heavy atom. The number of likely N-dealkylation sites (tertiary alicyclic amines) is 1. The van der Waals surface area contributed by atoms with Gasteiger partial charge < -0.3 is 10.0 Å². The Kier molecular flexibility index (Phi) is 5.28. The van der Waals surface area contributed by atoms with Gasteiger partial charge in [0.1, 0.15) is 5.69 Å². The smallest absolute Gasteiger partial charge is 0.272 e. The lowest BCUT2D eigenvalue weighted by Gasteiger charge is -2.52. The second kappa shape index (κ2) is 7.70. The molecule has 1 aliphatic carbocycles. The molecule has 0 spiro atoms. The minimum atomic E-state index is -0.844. The predicted octanol–water partition coefficient (Wildman–Crippen LogP) is 3.67. The van der Waals surface area contributed by atoms with E-state index in [1.54, 1.807) is 4.68 Å². The molecule has 1 saturated heterocycles. The molecule has 5 nitrogen and oxygen atoms in total. The zero-order valence-electron chi connectivity index (χ0n) is 17.0. The molecular formula is C23H31N3O2. The highest BCUT2D eigenvalue weighted by Crippen LogP contribution is 2.47. The lowest BCUT2D eigenvalue weighted by Crippen LogP contribution is -2.59. The second-order valence-corrected chi connectivity index (χ2v) is 8.39. The molecule has 2 aliphatic rings. The zero-order chi connectivity index (χ0) is 19.7. The van der Waals surface area contributed by atoms with Crippen LogP contribution >= 0.6 is 0 Å². The highest BCUT2D eigenvalue weighted by molar-refractivity contribution is 5.93. The molecule has 0 radical (unpaired) electrons. The summed E-state index contributed by atoms with van der Waals surface area (Å²) in [5.41, 5.74) is 1.79. The third-order valence-corrected chi connectivity index (χ3v) is 6.67. The van der Waals surface area contributed by atoms with Crippen LogP contribution in [0.15, 0.2) is 36.4 Å². The van der Waals surface area contributed by atoms with Crippen molar-refractivity contribution < 1.29 is 9.90 Å². The first-order chi connectivity index (χ1) is 13.5. The van der Waals surface area contributed by atoms with Gasteiger partial charge in [-0.05, 0) is 37.3 Å². The number of aryl methyl sites for hydroxylation is 2. The first-order valence-electron chi connectivity index (χ1n) is 10.7. The molecule has 1 aliphatic heterocycles. The van der Waals surface area contributed by atoms with Crippen molar-refractivity contribution in [1.29, 1.82) is 0 Å². The Bertz CT molecular complexity index is 832. The summed E-state index contributed by atoms with van der Waals surface area (Å²) < 4.78 is 1.73. The minimum absolute atomic E-state index is 0.0596. The fourth-order valence-corrected chi connectivity index (χ4v) is 5.27. The van der Waals surface area contributed by atoms with Gasteiger partial charge in [0.15, 0.2) is 0 Å². The molecule has 1 unspecified atom stereocenters. The van der Waals surface area contributed by atoms with Crippen molar-refractivity contribution in [3.8, 4) is 0 Å². The third kappa shape index (κ3) is 3.26. The summed E-state index contributed by atoms with van der Waals surface area (Å²) in [7, 11) is 1.86. The number of amides is 1. The summed E-state index contributed by atoms with van der Waals surface area (Å²) in [5.74, 6) is 0.147. The van der Waals surface area contributed by atoms with Crippen LogP contribution in [0, 0.1) is 5.92 Å². The molecule has 1 amide bonds. The molecule has 2 fully saturated rings. The topological polar surface area (TPSA) is 58.4 Å². The van der Waals surface area contributed by atoms with E-state index in [2.05, 4.69) is 12.0 Å². The van der Waals surface area contributed by atoms with Crippen molar-refractivity contribution in [1.82, 2.24) is 14.7 Å². The van der Waals surface area contributed by atoms with Crippen LogP contribution in [0.5, 0.6) is 0 Å². The normalized spacial score (nSPS) is 27.5. The number of aliphatic hydroxyl groups is 1. The lowest BCUT2D eigenvalue weighted by atomic mass is 9.66. The summed E-state index contributed by atoms with van der Waals surface area (Å²) >= 11 is 0. The molecule has 5 heteroatoms. The molecule has 28 heavy (non-hydrogen) atoms. The molecule has 3 atom stereocenters. The maximum absolute atomic E-state index is 13.4.